The van der Waals surface area contributed by atoms with E-state index in [0.717, 1.165) is 17.7 Å². The summed E-state index contributed by atoms with van der Waals surface area (Å²) in [6.45, 7) is 4.93. The number of hydrogen-bond acceptors (Lipinski definition) is 5. The summed E-state index contributed by atoms with van der Waals surface area (Å²) in [5, 5.41) is -1.94. The minimum Gasteiger partial charge on any atom is -0.340 e. The summed E-state index contributed by atoms with van der Waals surface area (Å²) in [6, 6.07) is 15.9. The van der Waals surface area contributed by atoms with Gasteiger partial charge in [-0.1, -0.05) is 52.3 Å². The van der Waals surface area contributed by atoms with E-state index in [1.807, 2.05) is 6.92 Å². The van der Waals surface area contributed by atoms with Gasteiger partial charge in [0.2, 0.25) is 19.9 Å². The molecule has 41 heavy (non-hydrogen) atoms. The van der Waals surface area contributed by atoms with Gasteiger partial charge in [0.25, 0.3) is 5.91 Å². The number of sulfone groups is 1. The maximum absolute atomic E-state index is 13.9. The number of alkyl halides is 4. The van der Waals surface area contributed by atoms with Gasteiger partial charge >= 0.3 is 6.18 Å². The van der Waals surface area contributed by atoms with Gasteiger partial charge < -0.3 is 4.90 Å². The second-order valence-electron chi connectivity index (χ2n) is 9.12. The number of rotatable bonds is 11. The highest BCUT2D eigenvalue weighted by atomic mass is 79.9. The monoisotopic (exact) mass is 672 g/mol. The topological polar surface area (TPSA) is 101 Å². The third-order valence-corrected chi connectivity index (χ3v) is 10.3. The highest BCUT2D eigenvalue weighted by Crippen LogP contribution is 2.39. The third kappa shape index (κ3) is 7.64. The smallest absolute Gasteiger partial charge is 0.340 e. The molecule has 1 amide bonds. The normalized spacial score (nSPS) is 13.8. The minimum atomic E-state index is -4.98. The Labute approximate surface area is 246 Å². The van der Waals surface area contributed by atoms with Crippen molar-refractivity contribution in [1.82, 2.24) is 9.62 Å². The third-order valence-electron chi connectivity index (χ3n) is 6.26. The number of amides is 1. The van der Waals surface area contributed by atoms with Crippen LogP contribution in [-0.2, 0) is 26.0 Å². The molecule has 0 aliphatic rings. The molecule has 0 aliphatic heterocycles. The molecule has 0 heterocycles. The summed E-state index contributed by atoms with van der Waals surface area (Å²) >= 11 is 3.44. The summed E-state index contributed by atoms with van der Waals surface area (Å²) in [5.74, 6) is -0.378. The van der Waals surface area contributed by atoms with Gasteiger partial charge in [-0.3, -0.25) is 4.79 Å². The first kappa shape index (κ1) is 32.5. The van der Waals surface area contributed by atoms with E-state index < -0.39 is 47.3 Å². The predicted molar refractivity (Wildman–Crippen MR) is 154 cm³/mol. The first-order valence-corrected chi connectivity index (χ1v) is 16.2. The first-order chi connectivity index (χ1) is 19.1. The molecule has 0 aliphatic carbocycles. The molecule has 7 nitrogen and oxygen atoms in total. The number of halogens is 4. The molecule has 13 heteroatoms. The van der Waals surface area contributed by atoms with Gasteiger partial charge in [0.05, 0.1) is 15.4 Å². The molecule has 0 fully saturated rings. The van der Waals surface area contributed by atoms with Gasteiger partial charge in [0.1, 0.15) is 5.25 Å². The van der Waals surface area contributed by atoms with Crippen LogP contribution < -0.4 is 4.72 Å². The number of likely N-dealkylation sites (N-methyl/N-ethyl adjacent to an activating group) is 1. The van der Waals surface area contributed by atoms with Crippen molar-refractivity contribution in [3.8, 4) is 0 Å². The van der Waals surface area contributed by atoms with Crippen LogP contribution in [0.4, 0.5) is 13.2 Å². The van der Waals surface area contributed by atoms with Crippen LogP contribution in [0.1, 0.15) is 44.0 Å². The largest absolute Gasteiger partial charge is 0.416 e. The van der Waals surface area contributed by atoms with Gasteiger partial charge in [0.15, 0.2) is 0 Å². The Morgan fingerprint density at radius 2 is 1.61 bits per heavy atom. The average Bonchev–Trinajstić information content (AvgIpc) is 2.92. The highest BCUT2D eigenvalue weighted by Gasteiger charge is 2.39. The lowest BCUT2D eigenvalue weighted by Crippen LogP contribution is -2.38. The average molecular weight is 674 g/mol. The first-order valence-electron chi connectivity index (χ1n) is 12.2. The number of benzene rings is 3. The summed E-state index contributed by atoms with van der Waals surface area (Å²) in [7, 11) is -7.33. The van der Waals surface area contributed by atoms with Crippen molar-refractivity contribution in [2.75, 3.05) is 20.1 Å². The van der Waals surface area contributed by atoms with E-state index in [2.05, 4.69) is 27.2 Å². The number of nitrogens with zero attached hydrogens (tertiary/aromatic N) is 1. The van der Waals surface area contributed by atoms with E-state index in [1.54, 1.807) is 30.3 Å². The Morgan fingerprint density at radius 1 is 1.00 bits per heavy atom. The van der Waals surface area contributed by atoms with Crippen LogP contribution in [-0.4, -0.2) is 47.8 Å². The quantitative estimate of drug-likeness (QED) is 0.202. The molecule has 0 radical (unpaired) electrons. The van der Waals surface area contributed by atoms with Gasteiger partial charge in [-0.2, -0.15) is 13.2 Å². The number of sulfonamides is 1. The van der Waals surface area contributed by atoms with Crippen molar-refractivity contribution in [3.63, 3.8) is 0 Å². The molecule has 0 aromatic heterocycles. The van der Waals surface area contributed by atoms with Crippen LogP contribution in [0, 0.1) is 0 Å². The molecule has 0 spiro atoms. The zero-order chi connectivity index (χ0) is 30.6. The Morgan fingerprint density at radius 3 is 2.15 bits per heavy atom. The van der Waals surface area contributed by atoms with Gasteiger partial charge in [-0.15, -0.1) is 6.58 Å². The van der Waals surface area contributed by atoms with E-state index in [4.69, 9.17) is 0 Å². The van der Waals surface area contributed by atoms with E-state index in [0.29, 0.717) is 17.7 Å². The van der Waals surface area contributed by atoms with E-state index >= 15 is 0 Å². The Kier molecular flexibility index (Phi) is 10.2. The fourth-order valence-corrected chi connectivity index (χ4v) is 6.98. The molecule has 0 saturated carbocycles. The molecule has 0 saturated heterocycles. The van der Waals surface area contributed by atoms with Crippen LogP contribution >= 0.6 is 15.9 Å². The van der Waals surface area contributed by atoms with Gasteiger partial charge in [-0.05, 0) is 60.5 Å². The van der Waals surface area contributed by atoms with Crippen molar-refractivity contribution in [3.05, 3.63) is 108 Å². The second kappa shape index (κ2) is 12.9. The van der Waals surface area contributed by atoms with Crippen molar-refractivity contribution < 1.29 is 34.8 Å². The van der Waals surface area contributed by atoms with Crippen molar-refractivity contribution >= 4 is 41.7 Å². The van der Waals surface area contributed by atoms with Crippen LogP contribution in [0.2, 0.25) is 0 Å². The number of carbonyl (C=O) groups excluding carboxylic acids is 1. The Bertz CT molecular complexity index is 1610. The van der Waals surface area contributed by atoms with E-state index in [9.17, 15) is 34.8 Å². The standard InChI is InChI=1S/C28H28BrF3N2O5S2/c1-4-26(41(38,39)33-16-17-34(3)27(35)21-12-10-20(11-13-21)19(2)29)24-18-23(14-15-25(24)28(30,31)32)40(36,37)22-8-6-5-7-9-22/h4-15,18-19,26,33H,1,16-17H2,2-3H3. The maximum atomic E-state index is 13.9. The summed E-state index contributed by atoms with van der Waals surface area (Å²) in [6.07, 6.45) is -4.18. The fraction of sp³-hybridized carbons (Fsp3) is 0.250. The molecule has 3 aromatic carbocycles. The predicted octanol–water partition coefficient (Wildman–Crippen LogP) is 5.91. The lowest BCUT2D eigenvalue weighted by Gasteiger charge is -2.22. The number of hydrogen-bond donors (Lipinski definition) is 1. The zero-order valence-electron chi connectivity index (χ0n) is 22.1. The lowest BCUT2D eigenvalue weighted by atomic mass is 10.0. The van der Waals surface area contributed by atoms with E-state index in [-0.39, 0.29) is 28.7 Å². The molecular formula is C28H28BrF3N2O5S2. The Hall–Kier alpha value is -3.00. The Balaban J connectivity index is 1.85. The summed E-state index contributed by atoms with van der Waals surface area (Å²) in [5.41, 5.74) is -0.760. The molecule has 1 N–H and O–H groups in total. The van der Waals surface area contributed by atoms with Crippen LogP contribution in [0.3, 0.4) is 0 Å². The van der Waals surface area contributed by atoms with Crippen LogP contribution in [0.5, 0.6) is 0 Å². The zero-order valence-corrected chi connectivity index (χ0v) is 25.3. The van der Waals surface area contributed by atoms with Crippen molar-refractivity contribution in [2.45, 2.75) is 33.0 Å². The number of carbonyl (C=O) groups is 1. The van der Waals surface area contributed by atoms with Crippen molar-refractivity contribution in [2.24, 2.45) is 0 Å². The molecular weight excluding hydrogens is 645 g/mol. The summed E-state index contributed by atoms with van der Waals surface area (Å²) in [4.78, 5) is 13.4. The lowest BCUT2D eigenvalue weighted by molar-refractivity contribution is -0.138. The van der Waals surface area contributed by atoms with Crippen LogP contribution in [0.15, 0.2) is 95.2 Å². The maximum Gasteiger partial charge on any atom is 0.416 e. The molecule has 2 atom stereocenters. The van der Waals surface area contributed by atoms with Crippen LogP contribution in [0.25, 0.3) is 0 Å². The van der Waals surface area contributed by atoms with Gasteiger partial charge in [0, 0.05) is 30.5 Å². The van der Waals surface area contributed by atoms with Crippen molar-refractivity contribution in [1.29, 1.82) is 0 Å². The molecule has 220 valence electrons. The molecule has 3 aromatic rings. The summed E-state index contributed by atoms with van der Waals surface area (Å²) < 4.78 is 96.5. The minimum absolute atomic E-state index is 0.0902. The highest BCUT2D eigenvalue weighted by molar-refractivity contribution is 9.09. The molecule has 3 rings (SSSR count). The number of nitrogens with one attached hydrogen (secondary N) is 1. The molecule has 0 bridgehead atoms. The molecule has 2 unspecified atom stereocenters. The fourth-order valence-electron chi connectivity index (χ4n) is 4.02. The SMILES string of the molecule is C=CC(c1cc(S(=O)(=O)c2ccccc2)ccc1C(F)(F)F)S(=O)(=O)NCCN(C)C(=O)c1ccc(C(C)Br)cc1. The van der Waals surface area contributed by atoms with Gasteiger partial charge in [-0.25, -0.2) is 21.6 Å². The second-order valence-corrected chi connectivity index (χ2v) is 14.3. The van der Waals surface area contributed by atoms with E-state index in [1.165, 1.54) is 36.2 Å².